The highest BCUT2D eigenvalue weighted by Crippen LogP contribution is 2.22. The van der Waals surface area contributed by atoms with Crippen molar-refractivity contribution in [1.29, 1.82) is 0 Å². The normalized spacial score (nSPS) is 12.0. The summed E-state index contributed by atoms with van der Waals surface area (Å²) in [6, 6.07) is 14.5. The Morgan fingerprint density at radius 2 is 1.57 bits per heavy atom. The molecular formula is C17H17NO4S. The van der Waals surface area contributed by atoms with Gasteiger partial charge in [0, 0.05) is 19.8 Å². The Bertz CT molecular complexity index is 823. The molecule has 2 rings (SSSR count). The number of nitrogens with zero attached hydrogens (tertiary/aromatic N) is 1. The summed E-state index contributed by atoms with van der Waals surface area (Å²) in [5.41, 5.74) is 1.44. The quantitative estimate of drug-likeness (QED) is 0.853. The van der Waals surface area contributed by atoms with Crippen molar-refractivity contribution in [1.82, 2.24) is 0 Å². The third-order valence-corrected chi connectivity index (χ3v) is 5.03. The van der Waals surface area contributed by atoms with Gasteiger partial charge in [-0.3, -0.25) is 0 Å². The largest absolute Gasteiger partial charge is 0.477 e. The number of carboxylic acids is 1. The van der Waals surface area contributed by atoms with E-state index in [-0.39, 0.29) is 4.90 Å². The van der Waals surface area contributed by atoms with Crippen molar-refractivity contribution < 1.29 is 18.3 Å². The number of hydrogen-bond donors (Lipinski definition) is 1. The zero-order valence-electron chi connectivity index (χ0n) is 12.8. The first kappa shape index (κ1) is 16.8. The summed E-state index contributed by atoms with van der Waals surface area (Å²) in [4.78, 5) is 12.6. The molecule has 0 heterocycles. The van der Waals surface area contributed by atoms with Gasteiger partial charge < -0.3 is 10.0 Å². The number of benzene rings is 2. The van der Waals surface area contributed by atoms with Crippen LogP contribution in [-0.4, -0.2) is 33.6 Å². The summed E-state index contributed by atoms with van der Waals surface area (Å²) in [6.07, 6.45) is 1.17. The molecule has 2 aromatic carbocycles. The van der Waals surface area contributed by atoms with Crippen molar-refractivity contribution in [2.45, 2.75) is 4.90 Å². The molecule has 0 bridgehead atoms. The maximum absolute atomic E-state index is 12.5. The molecule has 0 radical (unpaired) electrons. The molecule has 0 saturated carbocycles. The van der Waals surface area contributed by atoms with Crippen molar-refractivity contribution >= 4 is 27.6 Å². The van der Waals surface area contributed by atoms with E-state index in [1.807, 2.05) is 19.0 Å². The van der Waals surface area contributed by atoms with Crippen LogP contribution in [-0.2, 0) is 14.6 Å². The Hall–Kier alpha value is -2.60. The van der Waals surface area contributed by atoms with Gasteiger partial charge in [-0.1, -0.05) is 30.3 Å². The minimum atomic E-state index is -4.07. The molecule has 0 unspecified atom stereocenters. The van der Waals surface area contributed by atoms with Gasteiger partial charge in [-0.25, -0.2) is 13.2 Å². The minimum Gasteiger partial charge on any atom is -0.477 e. The highest BCUT2D eigenvalue weighted by molar-refractivity contribution is 7.96. The average Bonchev–Trinajstić information content (AvgIpc) is 2.53. The van der Waals surface area contributed by atoms with Gasteiger partial charge in [0.15, 0.2) is 4.91 Å². The SMILES string of the molecule is CN(C)c1ccc(C=C(C(=O)O)S(=O)(=O)c2ccccc2)cc1. The Morgan fingerprint density at radius 3 is 2.04 bits per heavy atom. The van der Waals surface area contributed by atoms with E-state index in [4.69, 9.17) is 0 Å². The van der Waals surface area contributed by atoms with Gasteiger partial charge in [-0.05, 0) is 35.9 Å². The second-order valence-corrected chi connectivity index (χ2v) is 7.03. The Balaban J connectivity index is 2.48. The lowest BCUT2D eigenvalue weighted by Crippen LogP contribution is -2.13. The van der Waals surface area contributed by atoms with E-state index in [1.54, 1.807) is 42.5 Å². The zero-order chi connectivity index (χ0) is 17.0. The maximum atomic E-state index is 12.5. The predicted octanol–water partition coefficient (Wildman–Crippen LogP) is 2.65. The summed E-state index contributed by atoms with van der Waals surface area (Å²) >= 11 is 0. The Labute approximate surface area is 135 Å². The minimum absolute atomic E-state index is 0.0430. The number of sulfone groups is 1. The molecule has 0 fully saturated rings. The smallest absolute Gasteiger partial charge is 0.347 e. The summed E-state index contributed by atoms with van der Waals surface area (Å²) in [5, 5.41) is 9.32. The van der Waals surface area contributed by atoms with Crippen molar-refractivity contribution in [3.63, 3.8) is 0 Å². The fourth-order valence-corrected chi connectivity index (χ4v) is 3.29. The van der Waals surface area contributed by atoms with Gasteiger partial charge in [-0.15, -0.1) is 0 Å². The number of carboxylic acid groups (broad SMARTS) is 1. The van der Waals surface area contributed by atoms with E-state index in [2.05, 4.69) is 0 Å². The molecule has 120 valence electrons. The first-order valence-electron chi connectivity index (χ1n) is 6.85. The second kappa shape index (κ2) is 6.66. The Morgan fingerprint density at radius 1 is 1.00 bits per heavy atom. The first-order valence-corrected chi connectivity index (χ1v) is 8.33. The second-order valence-electron chi connectivity index (χ2n) is 5.12. The van der Waals surface area contributed by atoms with E-state index < -0.39 is 20.7 Å². The number of hydrogen-bond acceptors (Lipinski definition) is 4. The van der Waals surface area contributed by atoms with Crippen molar-refractivity contribution in [3.05, 3.63) is 65.1 Å². The summed E-state index contributed by atoms with van der Waals surface area (Å²) in [6.45, 7) is 0. The number of anilines is 1. The van der Waals surface area contributed by atoms with E-state index in [0.717, 1.165) is 5.69 Å². The third kappa shape index (κ3) is 3.78. The average molecular weight is 331 g/mol. The van der Waals surface area contributed by atoms with Gasteiger partial charge in [-0.2, -0.15) is 0 Å². The lowest BCUT2D eigenvalue weighted by molar-refractivity contribution is -0.131. The number of carbonyl (C=O) groups is 1. The van der Waals surface area contributed by atoms with Crippen LogP contribution in [0.3, 0.4) is 0 Å². The van der Waals surface area contributed by atoms with Crippen LogP contribution in [0.2, 0.25) is 0 Å². The molecule has 0 aromatic heterocycles. The summed E-state index contributed by atoms with van der Waals surface area (Å²) in [5.74, 6) is -1.48. The molecule has 0 atom stereocenters. The van der Waals surface area contributed by atoms with Gasteiger partial charge in [0.05, 0.1) is 4.90 Å². The predicted molar refractivity (Wildman–Crippen MR) is 90.0 cm³/mol. The molecule has 0 aliphatic carbocycles. The van der Waals surface area contributed by atoms with Crippen LogP contribution in [0.5, 0.6) is 0 Å². The maximum Gasteiger partial charge on any atom is 0.347 e. The molecule has 0 spiro atoms. The van der Waals surface area contributed by atoms with Gasteiger partial charge in [0.2, 0.25) is 9.84 Å². The number of aliphatic carboxylic acids is 1. The fourth-order valence-electron chi connectivity index (χ4n) is 2.00. The van der Waals surface area contributed by atoms with Crippen LogP contribution in [0.1, 0.15) is 5.56 Å². The van der Waals surface area contributed by atoms with E-state index in [0.29, 0.717) is 5.56 Å². The van der Waals surface area contributed by atoms with Crippen LogP contribution >= 0.6 is 0 Å². The van der Waals surface area contributed by atoms with Gasteiger partial charge in [0.1, 0.15) is 0 Å². The van der Waals surface area contributed by atoms with Crippen LogP contribution in [0.15, 0.2) is 64.4 Å². The molecule has 5 nitrogen and oxygen atoms in total. The lowest BCUT2D eigenvalue weighted by Gasteiger charge is -2.12. The van der Waals surface area contributed by atoms with Gasteiger partial charge in [0.25, 0.3) is 0 Å². The zero-order valence-corrected chi connectivity index (χ0v) is 13.6. The summed E-state index contributed by atoms with van der Waals surface area (Å²) < 4.78 is 25.0. The highest BCUT2D eigenvalue weighted by Gasteiger charge is 2.26. The molecule has 0 aliphatic heterocycles. The van der Waals surface area contributed by atoms with Crippen LogP contribution in [0, 0.1) is 0 Å². The molecule has 0 aliphatic rings. The standard InChI is InChI=1S/C17H17NO4S/c1-18(2)14-10-8-13(9-11-14)12-16(17(19)20)23(21,22)15-6-4-3-5-7-15/h3-12H,1-2H3,(H,19,20). The molecule has 0 saturated heterocycles. The van der Waals surface area contributed by atoms with E-state index in [1.165, 1.54) is 18.2 Å². The molecular weight excluding hydrogens is 314 g/mol. The molecule has 6 heteroatoms. The third-order valence-electron chi connectivity index (χ3n) is 3.26. The molecule has 0 amide bonds. The topological polar surface area (TPSA) is 74.7 Å². The van der Waals surface area contributed by atoms with E-state index in [9.17, 15) is 18.3 Å². The van der Waals surface area contributed by atoms with Crippen molar-refractivity contribution in [2.24, 2.45) is 0 Å². The highest BCUT2D eigenvalue weighted by atomic mass is 32.2. The Kier molecular flexibility index (Phi) is 4.86. The molecule has 2 aromatic rings. The van der Waals surface area contributed by atoms with Crippen molar-refractivity contribution in [2.75, 3.05) is 19.0 Å². The van der Waals surface area contributed by atoms with Crippen LogP contribution in [0.25, 0.3) is 6.08 Å². The van der Waals surface area contributed by atoms with Crippen molar-refractivity contribution in [3.8, 4) is 0 Å². The van der Waals surface area contributed by atoms with Gasteiger partial charge >= 0.3 is 5.97 Å². The van der Waals surface area contributed by atoms with E-state index >= 15 is 0 Å². The number of rotatable bonds is 5. The first-order chi connectivity index (χ1) is 10.8. The van der Waals surface area contributed by atoms with Crippen LogP contribution < -0.4 is 4.90 Å². The fraction of sp³-hybridized carbons (Fsp3) is 0.118. The lowest BCUT2D eigenvalue weighted by atomic mass is 10.2. The van der Waals surface area contributed by atoms with Crippen LogP contribution in [0.4, 0.5) is 5.69 Å². The molecule has 1 N–H and O–H groups in total. The monoisotopic (exact) mass is 331 g/mol. The molecule has 23 heavy (non-hydrogen) atoms. The summed E-state index contributed by atoms with van der Waals surface area (Å²) in [7, 11) is -0.309.